The van der Waals surface area contributed by atoms with Crippen molar-refractivity contribution in [3.63, 3.8) is 0 Å². The summed E-state index contributed by atoms with van der Waals surface area (Å²) in [7, 11) is 3.12. The number of anilines is 1. The number of hydrogen-bond donors (Lipinski definition) is 1. The molecule has 5 rings (SSSR count). The molecule has 2 aromatic carbocycles. The Balaban J connectivity index is 1.25. The smallest absolute Gasteiger partial charge is 0.260 e. The lowest BCUT2D eigenvalue weighted by molar-refractivity contribution is 0.0806. The molecule has 0 spiro atoms. The number of nitrogens with zero attached hydrogens (tertiary/aromatic N) is 4. The average molecular weight is 777 g/mol. The Hall–Kier alpha value is -4.58. The molecule has 0 saturated heterocycles. The number of benzene rings is 2. The SMILES string of the molecule is C/C=C\N1CC(CO)N(C(CC)CCC)c2cc(OCCC(C)(C)CCC(C)(C)COc3cc4c(cc3OC)C(=O)N3C=C(F)CC3C=N4)c(OC)cc2C1=O. The van der Waals surface area contributed by atoms with Crippen molar-refractivity contribution in [3.8, 4) is 23.0 Å². The largest absolute Gasteiger partial charge is 0.493 e. The molecule has 2 amide bonds. The fourth-order valence-corrected chi connectivity index (χ4v) is 7.70. The van der Waals surface area contributed by atoms with Crippen LogP contribution in [-0.4, -0.2) is 91.6 Å². The predicted octanol–water partition coefficient (Wildman–Crippen LogP) is 8.86. The summed E-state index contributed by atoms with van der Waals surface area (Å²) in [5.41, 5.74) is 1.82. The van der Waals surface area contributed by atoms with Crippen LogP contribution in [0.1, 0.15) is 114 Å². The molecule has 3 atom stereocenters. The van der Waals surface area contributed by atoms with Crippen LogP contribution < -0.4 is 23.8 Å². The Morgan fingerprint density at radius 1 is 0.929 bits per heavy atom. The van der Waals surface area contributed by atoms with E-state index in [9.17, 15) is 19.1 Å². The van der Waals surface area contributed by atoms with Gasteiger partial charge in [-0.3, -0.25) is 14.6 Å². The van der Waals surface area contributed by atoms with E-state index in [-0.39, 0.29) is 53.6 Å². The topological polar surface area (TPSA) is 113 Å². The fraction of sp³-hybridized carbons (Fsp3) is 0.568. The number of carbonyl (C=O) groups excluding carboxylic acids is 2. The van der Waals surface area contributed by atoms with Crippen LogP contribution in [0.2, 0.25) is 0 Å². The van der Waals surface area contributed by atoms with Crippen molar-refractivity contribution in [2.24, 2.45) is 15.8 Å². The predicted molar refractivity (Wildman–Crippen MR) is 218 cm³/mol. The van der Waals surface area contributed by atoms with E-state index >= 15 is 0 Å². The Kier molecular flexibility index (Phi) is 13.8. The molecule has 3 heterocycles. The number of aliphatic hydroxyl groups is 1. The number of aliphatic imine (C=N–C) groups is 1. The lowest BCUT2D eigenvalue weighted by Gasteiger charge is -2.39. The van der Waals surface area contributed by atoms with Gasteiger partial charge in [0.1, 0.15) is 5.83 Å². The monoisotopic (exact) mass is 776 g/mol. The van der Waals surface area contributed by atoms with Crippen LogP contribution in [-0.2, 0) is 0 Å². The highest BCUT2D eigenvalue weighted by molar-refractivity contribution is 6.04. The highest BCUT2D eigenvalue weighted by atomic mass is 19.1. The molecule has 3 unspecified atom stereocenters. The summed E-state index contributed by atoms with van der Waals surface area (Å²) in [6.45, 7) is 16.1. The first-order valence-corrected chi connectivity index (χ1v) is 19.9. The molecule has 0 fully saturated rings. The number of carbonyl (C=O) groups is 2. The van der Waals surface area contributed by atoms with Crippen LogP contribution >= 0.6 is 0 Å². The van der Waals surface area contributed by atoms with Crippen LogP contribution in [0.4, 0.5) is 15.8 Å². The minimum atomic E-state index is -0.447. The highest BCUT2D eigenvalue weighted by Gasteiger charge is 2.37. The van der Waals surface area contributed by atoms with Crippen molar-refractivity contribution in [1.82, 2.24) is 9.80 Å². The number of aliphatic hydroxyl groups excluding tert-OH is 1. The van der Waals surface area contributed by atoms with Gasteiger partial charge in [0.2, 0.25) is 0 Å². The molecule has 1 N–H and O–H groups in total. The van der Waals surface area contributed by atoms with Crippen LogP contribution in [0.25, 0.3) is 0 Å². The van der Waals surface area contributed by atoms with E-state index in [1.807, 2.05) is 19.1 Å². The first-order chi connectivity index (χ1) is 26.7. The number of rotatable bonds is 18. The van der Waals surface area contributed by atoms with E-state index in [2.05, 4.69) is 51.4 Å². The van der Waals surface area contributed by atoms with Gasteiger partial charge in [0.05, 0.1) is 68.6 Å². The number of amides is 2. The van der Waals surface area contributed by atoms with E-state index < -0.39 is 6.04 Å². The molecule has 11 nitrogen and oxygen atoms in total. The summed E-state index contributed by atoms with van der Waals surface area (Å²) in [6.07, 6.45) is 11.9. The average Bonchev–Trinajstić information content (AvgIpc) is 3.45. The maximum absolute atomic E-state index is 13.9. The number of methoxy groups -OCH3 is 2. The summed E-state index contributed by atoms with van der Waals surface area (Å²) < 4.78 is 38.2. The second-order valence-electron chi connectivity index (χ2n) is 16.6. The van der Waals surface area contributed by atoms with E-state index in [1.165, 1.54) is 18.2 Å². The zero-order chi connectivity index (χ0) is 40.8. The normalized spacial score (nSPS) is 19.0. The van der Waals surface area contributed by atoms with Gasteiger partial charge in [-0.15, -0.1) is 0 Å². The quantitative estimate of drug-likeness (QED) is 0.160. The van der Waals surface area contributed by atoms with Crippen molar-refractivity contribution in [1.29, 1.82) is 0 Å². The first kappa shape index (κ1) is 42.6. The van der Waals surface area contributed by atoms with Crippen molar-refractivity contribution in [3.05, 3.63) is 59.7 Å². The van der Waals surface area contributed by atoms with Crippen molar-refractivity contribution in [2.75, 3.05) is 45.5 Å². The molecular formula is C44H61FN4O7. The molecule has 0 bridgehead atoms. The van der Waals surface area contributed by atoms with Crippen LogP contribution in [0.15, 0.2) is 53.6 Å². The molecule has 56 heavy (non-hydrogen) atoms. The Morgan fingerprint density at radius 2 is 1.61 bits per heavy atom. The molecule has 0 saturated carbocycles. The second kappa shape index (κ2) is 18.1. The van der Waals surface area contributed by atoms with Gasteiger partial charge in [0, 0.05) is 49.8 Å². The van der Waals surface area contributed by atoms with Crippen molar-refractivity contribution >= 4 is 29.4 Å². The molecule has 12 heteroatoms. The van der Waals surface area contributed by atoms with Crippen LogP contribution in [0.3, 0.4) is 0 Å². The molecule has 3 aliphatic rings. The Labute approximate surface area is 332 Å². The first-order valence-electron chi connectivity index (χ1n) is 19.9. The van der Waals surface area contributed by atoms with E-state index in [0.29, 0.717) is 59.6 Å². The van der Waals surface area contributed by atoms with Crippen LogP contribution in [0, 0.1) is 10.8 Å². The highest BCUT2D eigenvalue weighted by Crippen LogP contribution is 2.43. The molecular weight excluding hydrogens is 716 g/mol. The van der Waals surface area contributed by atoms with Gasteiger partial charge in [-0.2, -0.15) is 0 Å². The fourth-order valence-electron chi connectivity index (χ4n) is 7.70. The number of ether oxygens (including phenoxy) is 4. The molecule has 0 aliphatic carbocycles. The van der Waals surface area contributed by atoms with E-state index in [4.69, 9.17) is 18.9 Å². The van der Waals surface area contributed by atoms with Gasteiger partial charge in [-0.05, 0) is 62.0 Å². The third kappa shape index (κ3) is 9.50. The molecule has 0 aromatic heterocycles. The number of halogens is 1. The molecule has 306 valence electrons. The van der Waals surface area contributed by atoms with Gasteiger partial charge in [0.15, 0.2) is 23.0 Å². The zero-order valence-electron chi connectivity index (χ0n) is 34.7. The van der Waals surface area contributed by atoms with E-state index in [1.54, 1.807) is 42.6 Å². The van der Waals surface area contributed by atoms with Crippen molar-refractivity contribution < 1.29 is 38.0 Å². The van der Waals surface area contributed by atoms with Gasteiger partial charge < -0.3 is 38.8 Å². The summed E-state index contributed by atoms with van der Waals surface area (Å²) >= 11 is 0. The lowest BCUT2D eigenvalue weighted by atomic mass is 9.78. The van der Waals surface area contributed by atoms with Gasteiger partial charge in [-0.1, -0.05) is 54.0 Å². The maximum atomic E-state index is 13.9. The summed E-state index contributed by atoms with van der Waals surface area (Å²) in [4.78, 5) is 36.9. The second-order valence-corrected chi connectivity index (χ2v) is 16.6. The standard InChI is InChI=1S/C44H61FN4O7/c1-10-13-30(12-3)49-32(27-50)26-47(17-11-2)41(51)34-21-38(54-9)40(23-36(34)49)55-18-16-43(4,5)14-15-44(6,7)28-56-39-22-35-33(20-37(39)53-8)42(52)48-25-29(45)19-31(48)24-46-35/h11,17,20-25,30-32,50H,10,12-16,18-19,26-28H2,1-9H3/b17-11-. The number of allylic oxidation sites excluding steroid dienone is 1. The third-order valence-electron chi connectivity index (χ3n) is 11.2. The molecule has 2 aromatic rings. The van der Waals surface area contributed by atoms with Crippen LogP contribution in [0.5, 0.6) is 23.0 Å². The Morgan fingerprint density at radius 3 is 2.25 bits per heavy atom. The minimum Gasteiger partial charge on any atom is -0.493 e. The summed E-state index contributed by atoms with van der Waals surface area (Å²) in [6, 6.07) is 6.47. The number of fused-ring (bicyclic) bond motifs is 3. The zero-order valence-corrected chi connectivity index (χ0v) is 34.7. The number of hydrogen-bond acceptors (Lipinski definition) is 9. The van der Waals surface area contributed by atoms with Gasteiger partial charge in [0.25, 0.3) is 11.8 Å². The van der Waals surface area contributed by atoms with Gasteiger partial charge >= 0.3 is 0 Å². The maximum Gasteiger partial charge on any atom is 0.260 e. The van der Waals surface area contributed by atoms with Gasteiger partial charge in [-0.25, -0.2) is 4.39 Å². The Bertz CT molecular complexity index is 1820. The summed E-state index contributed by atoms with van der Waals surface area (Å²) in [5, 5.41) is 10.6. The third-order valence-corrected chi connectivity index (χ3v) is 11.2. The van der Waals surface area contributed by atoms with E-state index in [0.717, 1.165) is 44.2 Å². The lowest BCUT2D eigenvalue weighted by Crippen LogP contribution is -2.49. The molecule has 3 aliphatic heterocycles. The van der Waals surface area contributed by atoms with Crippen molar-refractivity contribution in [2.45, 2.75) is 112 Å². The molecule has 0 radical (unpaired) electrons. The minimum absolute atomic E-state index is 0.0697. The summed E-state index contributed by atoms with van der Waals surface area (Å²) in [5.74, 6) is 1.17.